The number of hydrogen-bond acceptors (Lipinski definition) is 7. The molecular formula is C18H24N4O4S. The number of amides is 3. The molecule has 2 aliphatic heterocycles. The van der Waals surface area contributed by atoms with E-state index in [1.54, 1.807) is 14.0 Å². The Morgan fingerprint density at radius 2 is 2.07 bits per heavy atom. The van der Waals surface area contributed by atoms with Crippen LogP contribution in [0.1, 0.15) is 13.3 Å². The first-order valence-corrected chi connectivity index (χ1v) is 9.86. The molecule has 2 N–H and O–H groups in total. The first-order valence-electron chi connectivity index (χ1n) is 8.88. The molecule has 146 valence electrons. The number of para-hydroxylation sites is 1. The number of aliphatic hydroxyl groups is 1. The van der Waals surface area contributed by atoms with Gasteiger partial charge in [0.05, 0.1) is 12.7 Å². The van der Waals surface area contributed by atoms with Crippen molar-refractivity contribution < 1.29 is 19.4 Å². The molecule has 9 heteroatoms. The van der Waals surface area contributed by atoms with Crippen molar-refractivity contribution in [1.29, 1.82) is 0 Å². The van der Waals surface area contributed by atoms with Crippen LogP contribution in [-0.4, -0.2) is 76.3 Å². The number of aliphatic hydroxyl groups excluding tert-OH is 1. The number of nitrogens with zero attached hydrogens (tertiary/aromatic N) is 3. The Morgan fingerprint density at radius 1 is 1.33 bits per heavy atom. The van der Waals surface area contributed by atoms with Crippen LogP contribution in [0.5, 0.6) is 5.75 Å². The molecule has 1 aromatic rings. The Labute approximate surface area is 162 Å². The van der Waals surface area contributed by atoms with Crippen LogP contribution >= 0.6 is 11.8 Å². The van der Waals surface area contributed by atoms with Crippen LogP contribution < -0.4 is 10.1 Å². The number of urea groups is 1. The maximum atomic E-state index is 12.4. The number of nitrogens with one attached hydrogen (secondary N) is 1. The van der Waals surface area contributed by atoms with E-state index in [4.69, 9.17) is 4.74 Å². The van der Waals surface area contributed by atoms with Gasteiger partial charge < -0.3 is 19.6 Å². The van der Waals surface area contributed by atoms with E-state index in [1.165, 1.54) is 16.7 Å². The molecule has 1 aromatic carbocycles. The van der Waals surface area contributed by atoms with E-state index in [1.807, 2.05) is 35.2 Å². The van der Waals surface area contributed by atoms with Crippen molar-refractivity contribution >= 4 is 28.9 Å². The molecule has 3 atom stereocenters. The largest absolute Gasteiger partial charge is 0.494 e. The number of aliphatic imine (C=N–C) groups is 1. The normalized spacial score (nSPS) is 23.0. The summed E-state index contributed by atoms with van der Waals surface area (Å²) in [5.74, 6) is 0.924. The SMILES string of the molecule is CC(O)CSC1=NC2C(C(=O)NC(=O)N2C)N1CCCOc1ccccc1. The van der Waals surface area contributed by atoms with Gasteiger partial charge in [0.25, 0.3) is 5.91 Å². The average Bonchev–Trinajstić information content (AvgIpc) is 3.02. The number of rotatable bonds is 7. The van der Waals surface area contributed by atoms with Gasteiger partial charge in [-0.3, -0.25) is 10.1 Å². The first-order chi connectivity index (χ1) is 13.0. The maximum Gasteiger partial charge on any atom is 0.325 e. The Bertz CT molecular complexity index is 713. The summed E-state index contributed by atoms with van der Waals surface area (Å²) in [6.45, 7) is 2.77. The van der Waals surface area contributed by atoms with Gasteiger partial charge in [-0.05, 0) is 25.5 Å². The third kappa shape index (κ3) is 4.54. The second-order valence-electron chi connectivity index (χ2n) is 6.54. The number of ether oxygens (including phenoxy) is 1. The van der Waals surface area contributed by atoms with Crippen LogP contribution in [-0.2, 0) is 4.79 Å². The van der Waals surface area contributed by atoms with E-state index in [0.29, 0.717) is 30.5 Å². The fourth-order valence-corrected chi connectivity index (χ4v) is 3.94. The molecule has 27 heavy (non-hydrogen) atoms. The highest BCUT2D eigenvalue weighted by Gasteiger charge is 2.48. The number of imide groups is 1. The van der Waals surface area contributed by atoms with Crippen LogP contribution in [0.25, 0.3) is 0 Å². The number of hydrogen-bond donors (Lipinski definition) is 2. The molecular weight excluding hydrogens is 368 g/mol. The Balaban J connectivity index is 1.65. The van der Waals surface area contributed by atoms with Crippen molar-refractivity contribution in [2.75, 3.05) is 26.0 Å². The van der Waals surface area contributed by atoms with E-state index >= 15 is 0 Å². The zero-order valence-corrected chi connectivity index (χ0v) is 16.2. The van der Waals surface area contributed by atoms with Crippen molar-refractivity contribution in [3.63, 3.8) is 0 Å². The average molecular weight is 392 g/mol. The predicted molar refractivity (Wildman–Crippen MR) is 104 cm³/mol. The molecule has 2 heterocycles. The first kappa shape index (κ1) is 19.5. The third-order valence-corrected chi connectivity index (χ3v) is 5.58. The molecule has 0 bridgehead atoms. The quantitative estimate of drug-likeness (QED) is 0.676. The van der Waals surface area contributed by atoms with Gasteiger partial charge in [0.15, 0.2) is 17.4 Å². The van der Waals surface area contributed by atoms with Gasteiger partial charge in [-0.1, -0.05) is 30.0 Å². The van der Waals surface area contributed by atoms with Gasteiger partial charge >= 0.3 is 6.03 Å². The summed E-state index contributed by atoms with van der Waals surface area (Å²) in [7, 11) is 1.63. The number of fused-ring (bicyclic) bond motifs is 1. The van der Waals surface area contributed by atoms with Gasteiger partial charge in [0.2, 0.25) is 0 Å². The molecule has 2 aliphatic rings. The van der Waals surface area contributed by atoms with Gasteiger partial charge in [0, 0.05) is 19.3 Å². The lowest BCUT2D eigenvalue weighted by molar-refractivity contribution is -0.127. The molecule has 0 saturated carbocycles. The highest BCUT2D eigenvalue weighted by atomic mass is 32.2. The summed E-state index contributed by atoms with van der Waals surface area (Å²) < 4.78 is 5.72. The van der Waals surface area contributed by atoms with E-state index in [0.717, 1.165) is 5.75 Å². The van der Waals surface area contributed by atoms with Crippen LogP contribution in [0.15, 0.2) is 35.3 Å². The third-order valence-electron chi connectivity index (χ3n) is 4.33. The molecule has 1 saturated heterocycles. The van der Waals surface area contributed by atoms with E-state index in [2.05, 4.69) is 10.3 Å². The van der Waals surface area contributed by atoms with E-state index in [-0.39, 0.29) is 5.91 Å². The van der Waals surface area contributed by atoms with Crippen LogP contribution in [0.2, 0.25) is 0 Å². The van der Waals surface area contributed by atoms with Crippen LogP contribution in [0.3, 0.4) is 0 Å². The van der Waals surface area contributed by atoms with Crippen LogP contribution in [0, 0.1) is 0 Å². The Hall–Kier alpha value is -2.26. The Kier molecular flexibility index (Phi) is 6.22. The molecule has 0 aromatic heterocycles. The van der Waals surface area contributed by atoms with Crippen molar-refractivity contribution in [1.82, 2.24) is 15.1 Å². The monoisotopic (exact) mass is 392 g/mol. The molecule has 0 spiro atoms. The topological polar surface area (TPSA) is 94.5 Å². The molecule has 3 rings (SSSR count). The zero-order chi connectivity index (χ0) is 19.4. The van der Waals surface area contributed by atoms with Gasteiger partial charge in [-0.15, -0.1) is 0 Å². The lowest BCUT2D eigenvalue weighted by Gasteiger charge is -2.36. The summed E-state index contributed by atoms with van der Waals surface area (Å²) in [6, 6.07) is 8.55. The van der Waals surface area contributed by atoms with Crippen molar-refractivity contribution in [2.45, 2.75) is 31.7 Å². The van der Waals surface area contributed by atoms with E-state index < -0.39 is 24.3 Å². The molecule has 0 radical (unpaired) electrons. The summed E-state index contributed by atoms with van der Waals surface area (Å²) in [4.78, 5) is 32.2. The van der Waals surface area contributed by atoms with E-state index in [9.17, 15) is 14.7 Å². The lowest BCUT2D eigenvalue weighted by atomic mass is 10.1. The summed E-state index contributed by atoms with van der Waals surface area (Å²) in [6.07, 6.45) is -0.341. The number of thioether (sulfide) groups is 1. The van der Waals surface area contributed by atoms with Crippen molar-refractivity contribution in [3.8, 4) is 5.75 Å². The summed E-state index contributed by atoms with van der Waals surface area (Å²) in [5.41, 5.74) is 0. The lowest BCUT2D eigenvalue weighted by Crippen LogP contribution is -2.63. The molecule has 0 aliphatic carbocycles. The standard InChI is InChI=1S/C18H24N4O4S/c1-12(23)11-27-18-19-15-14(16(24)20-17(25)21(15)2)22(18)9-6-10-26-13-7-4-3-5-8-13/h3-5,7-8,12,14-15,23H,6,9-11H2,1-2H3,(H,20,24,25). The highest BCUT2D eigenvalue weighted by Crippen LogP contribution is 2.28. The minimum absolute atomic E-state index is 0.344. The highest BCUT2D eigenvalue weighted by molar-refractivity contribution is 8.13. The number of carbonyl (C=O) groups is 2. The minimum atomic E-state index is -0.555. The predicted octanol–water partition coefficient (Wildman–Crippen LogP) is 1.12. The minimum Gasteiger partial charge on any atom is -0.494 e. The van der Waals surface area contributed by atoms with Crippen LogP contribution in [0.4, 0.5) is 4.79 Å². The number of likely N-dealkylation sites (N-methyl/N-ethyl adjacent to an activating group) is 1. The van der Waals surface area contributed by atoms with Crippen molar-refractivity contribution in [3.05, 3.63) is 30.3 Å². The number of amidine groups is 1. The zero-order valence-electron chi connectivity index (χ0n) is 15.4. The molecule has 8 nitrogen and oxygen atoms in total. The van der Waals surface area contributed by atoms with Gasteiger partial charge in [0.1, 0.15) is 5.75 Å². The summed E-state index contributed by atoms with van der Waals surface area (Å²) >= 11 is 1.39. The fourth-order valence-electron chi connectivity index (χ4n) is 2.99. The fraction of sp³-hybridized carbons (Fsp3) is 0.500. The van der Waals surface area contributed by atoms with Gasteiger partial charge in [-0.2, -0.15) is 0 Å². The second-order valence-corrected chi connectivity index (χ2v) is 7.53. The molecule has 3 unspecified atom stereocenters. The van der Waals surface area contributed by atoms with Crippen molar-refractivity contribution in [2.24, 2.45) is 4.99 Å². The molecule has 3 amide bonds. The van der Waals surface area contributed by atoms with Gasteiger partial charge in [-0.25, -0.2) is 9.79 Å². The second kappa shape index (κ2) is 8.62. The number of carbonyl (C=O) groups excluding carboxylic acids is 2. The molecule has 1 fully saturated rings. The Morgan fingerprint density at radius 3 is 2.78 bits per heavy atom. The smallest absolute Gasteiger partial charge is 0.325 e. The number of benzene rings is 1. The summed E-state index contributed by atoms with van der Waals surface area (Å²) in [5, 5.41) is 12.6. The maximum absolute atomic E-state index is 12.4.